The minimum Gasteiger partial charge on any atom is -0.395 e. The fraction of sp³-hybridized carbons (Fsp3) is 0.625. The predicted molar refractivity (Wildman–Crippen MR) is 109 cm³/mol. The summed E-state index contributed by atoms with van der Waals surface area (Å²) < 4.78 is 1.56. The van der Waals surface area contributed by atoms with Crippen LogP contribution in [0.1, 0.15) is 27.2 Å². The van der Waals surface area contributed by atoms with Crippen LogP contribution >= 0.6 is 11.8 Å². The fourth-order valence-corrected chi connectivity index (χ4v) is 1.65. The average Bonchev–Trinajstić information content (AvgIpc) is 3.04. The molecule has 0 radical (unpaired) electrons. The molecule has 0 saturated heterocycles. The third-order valence-corrected chi connectivity index (χ3v) is 2.73. The topological polar surface area (TPSA) is 114 Å². The molecule has 0 saturated carbocycles. The molecule has 0 aliphatic rings. The van der Waals surface area contributed by atoms with Crippen LogP contribution in [0, 0.1) is 0 Å². The molecule has 0 aromatic carbocycles. The maximum absolute atomic E-state index is 8.00. The van der Waals surface area contributed by atoms with Gasteiger partial charge in [0.2, 0.25) is 0 Å². The van der Waals surface area contributed by atoms with Crippen molar-refractivity contribution in [3.05, 3.63) is 24.0 Å². The van der Waals surface area contributed by atoms with Crippen LogP contribution in [-0.4, -0.2) is 53.8 Å². The lowest BCUT2D eigenvalue weighted by Crippen LogP contribution is -2.10. The number of hydrogen-bond donors (Lipinski definition) is 4. The van der Waals surface area contributed by atoms with Crippen LogP contribution in [0.5, 0.6) is 0 Å². The third-order valence-electron chi connectivity index (χ3n) is 2.15. The molecule has 7 nitrogen and oxygen atoms in total. The number of nitrogens with two attached hydrogens (primary N) is 2. The lowest BCUT2D eigenvalue weighted by Gasteiger charge is -1.94. The number of nitrogens with one attached hydrogen (secondary N) is 1. The highest BCUT2D eigenvalue weighted by atomic mass is 32.2. The molecule has 0 aliphatic carbocycles. The highest BCUT2D eigenvalue weighted by Crippen LogP contribution is 2.05. The number of nitrogens with zero attached hydrogens (tertiary/aromatic N) is 3. The maximum Gasteiger partial charge on any atom is 0.145 e. The zero-order valence-electron chi connectivity index (χ0n) is 15.8. The van der Waals surface area contributed by atoms with Gasteiger partial charge in [-0.1, -0.05) is 26.8 Å². The largest absolute Gasteiger partial charge is 0.395 e. The van der Waals surface area contributed by atoms with Gasteiger partial charge in [-0.25, -0.2) is 0 Å². The number of aliphatic hydroxyl groups is 1. The molecule has 142 valence electrons. The van der Waals surface area contributed by atoms with E-state index in [2.05, 4.69) is 41.4 Å². The molecular formula is C16H36N6OS. The van der Waals surface area contributed by atoms with E-state index in [0.717, 1.165) is 17.9 Å². The Morgan fingerprint density at radius 2 is 2.17 bits per heavy atom. The molecule has 0 spiro atoms. The van der Waals surface area contributed by atoms with E-state index in [0.29, 0.717) is 19.0 Å². The van der Waals surface area contributed by atoms with Crippen molar-refractivity contribution in [2.75, 3.05) is 37.9 Å². The third kappa shape index (κ3) is 20.6. The van der Waals surface area contributed by atoms with Crippen molar-refractivity contribution in [1.82, 2.24) is 15.1 Å². The summed E-state index contributed by atoms with van der Waals surface area (Å²) in [5.41, 5.74) is 11.6. The number of likely N-dealkylation sites (N-methyl/N-ethyl adjacent to an activating group) is 1. The average molecular weight is 361 g/mol. The van der Waals surface area contributed by atoms with Crippen LogP contribution in [0.3, 0.4) is 0 Å². The first-order valence-corrected chi connectivity index (χ1v) is 9.37. The SMILES string of the molecule is C=N/C(=C\CC)CSC.CC.CNCCO.NCn1ccc(N)n1. The van der Waals surface area contributed by atoms with E-state index < -0.39 is 0 Å². The number of thioether (sulfide) groups is 1. The number of aliphatic hydroxyl groups excluding tert-OH is 1. The summed E-state index contributed by atoms with van der Waals surface area (Å²) in [4.78, 5) is 3.86. The van der Waals surface area contributed by atoms with Crippen molar-refractivity contribution in [3.63, 3.8) is 0 Å². The zero-order chi connectivity index (χ0) is 19.2. The molecule has 8 heteroatoms. The highest BCUT2D eigenvalue weighted by Gasteiger charge is 1.87. The van der Waals surface area contributed by atoms with E-state index in [1.807, 2.05) is 13.8 Å². The Kier molecular flexibility index (Phi) is 27.4. The Hall–Kier alpha value is -1.35. The molecule has 1 aromatic heterocycles. The van der Waals surface area contributed by atoms with Crippen LogP contribution in [-0.2, 0) is 6.67 Å². The van der Waals surface area contributed by atoms with Gasteiger partial charge in [-0.3, -0.25) is 9.67 Å². The lowest BCUT2D eigenvalue weighted by molar-refractivity contribution is 0.296. The molecule has 1 aromatic rings. The molecule has 0 atom stereocenters. The Bertz CT molecular complexity index is 394. The maximum atomic E-state index is 8.00. The second-order valence-corrected chi connectivity index (χ2v) is 4.85. The van der Waals surface area contributed by atoms with E-state index in [1.54, 1.807) is 35.8 Å². The molecule has 6 N–H and O–H groups in total. The quantitative estimate of drug-likeness (QED) is 0.553. The second-order valence-electron chi connectivity index (χ2n) is 3.98. The van der Waals surface area contributed by atoms with Crippen molar-refractivity contribution >= 4 is 24.3 Å². The number of aromatic nitrogens is 2. The van der Waals surface area contributed by atoms with E-state index in [1.165, 1.54) is 0 Å². The number of rotatable bonds is 7. The summed E-state index contributed by atoms with van der Waals surface area (Å²) >= 11 is 1.77. The van der Waals surface area contributed by atoms with Gasteiger partial charge >= 0.3 is 0 Å². The number of nitrogen functional groups attached to an aromatic ring is 1. The summed E-state index contributed by atoms with van der Waals surface area (Å²) in [6.45, 7) is 10.9. The summed E-state index contributed by atoms with van der Waals surface area (Å²) in [6, 6.07) is 1.70. The van der Waals surface area contributed by atoms with Gasteiger partial charge < -0.3 is 21.9 Å². The Labute approximate surface area is 151 Å². The molecular weight excluding hydrogens is 324 g/mol. The van der Waals surface area contributed by atoms with Crippen molar-refractivity contribution < 1.29 is 5.11 Å². The van der Waals surface area contributed by atoms with Gasteiger partial charge in [-0.2, -0.15) is 16.9 Å². The number of allylic oxidation sites excluding steroid dienone is 1. The van der Waals surface area contributed by atoms with E-state index >= 15 is 0 Å². The molecule has 24 heavy (non-hydrogen) atoms. The van der Waals surface area contributed by atoms with Crippen LogP contribution < -0.4 is 16.8 Å². The molecule has 1 heterocycles. The minimum atomic E-state index is 0.233. The highest BCUT2D eigenvalue weighted by molar-refractivity contribution is 7.98. The predicted octanol–water partition coefficient (Wildman–Crippen LogP) is 1.95. The number of anilines is 1. The molecule has 1 rings (SSSR count). The summed E-state index contributed by atoms with van der Waals surface area (Å²) in [5, 5.41) is 14.6. The van der Waals surface area contributed by atoms with Crippen LogP contribution in [0.25, 0.3) is 0 Å². The van der Waals surface area contributed by atoms with Gasteiger partial charge in [-0.05, 0) is 32.5 Å². The summed E-state index contributed by atoms with van der Waals surface area (Å²) in [6.07, 6.45) is 6.95. The standard InChI is InChI=1S/C7H13NS.C4H8N4.C3H9NO.C2H6/c1-4-5-7(8-2)6-9-3;5-3-8-2-1-4(6)7-8;1-4-2-3-5;1-2/h5H,2,4,6H2,1,3H3;1-2H,3,5H2,(H2,6,7);4-5H,2-3H2,1H3;1-2H3/b7-5-;;;. The molecule has 0 fully saturated rings. The van der Waals surface area contributed by atoms with Crippen molar-refractivity contribution in [3.8, 4) is 0 Å². The summed E-state index contributed by atoms with van der Waals surface area (Å²) in [7, 11) is 1.80. The Morgan fingerprint density at radius 3 is 2.38 bits per heavy atom. The van der Waals surface area contributed by atoms with Gasteiger partial charge in [0.05, 0.1) is 13.3 Å². The van der Waals surface area contributed by atoms with Gasteiger partial charge in [0.15, 0.2) is 0 Å². The van der Waals surface area contributed by atoms with Gasteiger partial charge in [0.1, 0.15) is 5.82 Å². The number of hydrogen-bond acceptors (Lipinski definition) is 7. The van der Waals surface area contributed by atoms with Gasteiger partial charge in [0, 0.05) is 24.2 Å². The van der Waals surface area contributed by atoms with Crippen LogP contribution in [0.4, 0.5) is 5.82 Å². The van der Waals surface area contributed by atoms with Gasteiger partial charge in [-0.15, -0.1) is 0 Å². The molecule has 0 unspecified atom stereocenters. The normalized spacial score (nSPS) is 9.54. The molecule has 0 amide bonds. The second kappa shape index (κ2) is 23.9. The van der Waals surface area contributed by atoms with Crippen molar-refractivity contribution in [1.29, 1.82) is 0 Å². The Morgan fingerprint density at radius 1 is 1.54 bits per heavy atom. The fourth-order valence-electron chi connectivity index (χ4n) is 1.14. The first-order chi connectivity index (χ1) is 11.6. The zero-order valence-corrected chi connectivity index (χ0v) is 16.6. The van der Waals surface area contributed by atoms with Gasteiger partial charge in [0.25, 0.3) is 0 Å². The van der Waals surface area contributed by atoms with Crippen LogP contribution in [0.15, 0.2) is 29.0 Å². The van der Waals surface area contributed by atoms with E-state index in [4.69, 9.17) is 16.6 Å². The summed E-state index contributed by atoms with van der Waals surface area (Å²) in [5.74, 6) is 1.49. The number of aliphatic imine (C=N–C) groups is 1. The Balaban J connectivity index is -0.000000271. The van der Waals surface area contributed by atoms with Crippen molar-refractivity contribution in [2.45, 2.75) is 33.9 Å². The first-order valence-electron chi connectivity index (χ1n) is 7.98. The van der Waals surface area contributed by atoms with E-state index in [9.17, 15) is 0 Å². The molecule has 0 bridgehead atoms. The van der Waals surface area contributed by atoms with E-state index in [-0.39, 0.29) is 6.61 Å². The minimum absolute atomic E-state index is 0.233. The first kappa shape index (κ1) is 27.5. The monoisotopic (exact) mass is 360 g/mol. The smallest absolute Gasteiger partial charge is 0.145 e. The molecule has 0 aliphatic heterocycles. The van der Waals surface area contributed by atoms with Crippen molar-refractivity contribution in [2.24, 2.45) is 10.7 Å². The lowest BCUT2D eigenvalue weighted by atomic mass is 10.4. The van der Waals surface area contributed by atoms with Crippen LogP contribution in [0.2, 0.25) is 0 Å².